The van der Waals surface area contributed by atoms with Gasteiger partial charge in [-0.3, -0.25) is 4.98 Å². The Kier molecular flexibility index (Phi) is 5.71. The second-order valence-electron chi connectivity index (χ2n) is 8.54. The first-order valence-electron chi connectivity index (χ1n) is 9.68. The fraction of sp³-hybridized carbons (Fsp3) is 0.524. The summed E-state index contributed by atoms with van der Waals surface area (Å²) in [6.07, 6.45) is 3.85. The molecule has 8 heteroatoms. The molecule has 0 amide bonds. The molecule has 0 radical (unpaired) electrons. The molecule has 0 spiro atoms. The normalized spacial score (nSPS) is 20.4. The van der Waals surface area contributed by atoms with Gasteiger partial charge in [-0.2, -0.15) is 10.2 Å². The van der Waals surface area contributed by atoms with Gasteiger partial charge in [-0.15, -0.1) is 0 Å². The summed E-state index contributed by atoms with van der Waals surface area (Å²) in [4.78, 5) is 12.8. The van der Waals surface area contributed by atoms with Gasteiger partial charge >= 0.3 is 0 Å². The van der Waals surface area contributed by atoms with E-state index < -0.39 is 5.67 Å². The largest absolute Gasteiger partial charge is 0.396 e. The summed E-state index contributed by atoms with van der Waals surface area (Å²) < 4.78 is 14.4. The quantitative estimate of drug-likeness (QED) is 0.656. The van der Waals surface area contributed by atoms with Crippen molar-refractivity contribution in [2.24, 2.45) is 11.3 Å². The Bertz CT molecular complexity index is 918. The van der Waals surface area contributed by atoms with Crippen LogP contribution in [0.25, 0.3) is 0 Å². The molecule has 154 valence electrons. The summed E-state index contributed by atoms with van der Waals surface area (Å²) in [6, 6.07) is 5.78. The zero-order valence-electron chi connectivity index (χ0n) is 17.2. The number of halogens is 1. The topological polar surface area (TPSA) is 107 Å². The van der Waals surface area contributed by atoms with Crippen molar-refractivity contribution in [3.8, 4) is 6.07 Å². The predicted octanol–water partition coefficient (Wildman–Crippen LogP) is 3.38. The highest BCUT2D eigenvalue weighted by atomic mass is 19.1. The van der Waals surface area contributed by atoms with Crippen molar-refractivity contribution in [1.82, 2.24) is 15.0 Å². The van der Waals surface area contributed by atoms with E-state index in [9.17, 15) is 14.8 Å². The number of aromatic nitrogens is 3. The maximum atomic E-state index is 14.4. The van der Waals surface area contributed by atoms with Gasteiger partial charge in [0.05, 0.1) is 11.9 Å². The molecule has 3 N–H and O–H groups in total. The van der Waals surface area contributed by atoms with E-state index in [1.54, 1.807) is 12.3 Å². The lowest BCUT2D eigenvalue weighted by molar-refractivity contribution is 0.00449. The van der Waals surface area contributed by atoms with Crippen molar-refractivity contribution in [1.29, 1.82) is 5.26 Å². The van der Waals surface area contributed by atoms with Gasteiger partial charge in [0.15, 0.2) is 0 Å². The van der Waals surface area contributed by atoms with E-state index in [4.69, 9.17) is 0 Å². The summed E-state index contributed by atoms with van der Waals surface area (Å²) in [7, 11) is 0. The lowest BCUT2D eigenvalue weighted by atomic mass is 9.59. The second kappa shape index (κ2) is 7.91. The highest BCUT2D eigenvalue weighted by Crippen LogP contribution is 2.47. The second-order valence-corrected chi connectivity index (χ2v) is 8.54. The molecule has 2 aromatic rings. The summed E-state index contributed by atoms with van der Waals surface area (Å²) in [5.74, 6) is 1.02. The van der Waals surface area contributed by atoms with Gasteiger partial charge in [-0.25, -0.2) is 9.37 Å². The molecular weight excluding hydrogens is 371 g/mol. The van der Waals surface area contributed by atoms with Crippen LogP contribution in [0.15, 0.2) is 24.5 Å². The van der Waals surface area contributed by atoms with Crippen LogP contribution in [0.4, 0.5) is 16.2 Å². The van der Waals surface area contributed by atoms with Gasteiger partial charge in [-0.05, 0) is 43.2 Å². The number of nitrogens with zero attached hydrogens (tertiary/aromatic N) is 4. The summed E-state index contributed by atoms with van der Waals surface area (Å²) in [6.45, 7) is 7.57. The highest BCUT2D eigenvalue weighted by molar-refractivity contribution is 5.54. The SMILES string of the molecule is CC(C)(F)c1ncccc1CNc1ncc(C#N)c(N[C@@H]2C[C@H](CO)C2(C)C)n1. The van der Waals surface area contributed by atoms with Crippen molar-refractivity contribution >= 4 is 11.8 Å². The molecule has 1 saturated carbocycles. The smallest absolute Gasteiger partial charge is 0.224 e. The molecule has 29 heavy (non-hydrogen) atoms. The lowest BCUT2D eigenvalue weighted by Crippen LogP contribution is -2.54. The number of anilines is 2. The summed E-state index contributed by atoms with van der Waals surface area (Å²) >= 11 is 0. The van der Waals surface area contributed by atoms with Crippen LogP contribution in [0, 0.1) is 22.7 Å². The molecule has 0 aliphatic heterocycles. The first-order valence-corrected chi connectivity index (χ1v) is 9.68. The van der Waals surface area contributed by atoms with Crippen molar-refractivity contribution in [2.75, 3.05) is 17.2 Å². The third-order valence-corrected chi connectivity index (χ3v) is 5.80. The van der Waals surface area contributed by atoms with Crippen molar-refractivity contribution in [3.05, 3.63) is 41.3 Å². The zero-order valence-corrected chi connectivity index (χ0v) is 17.2. The lowest BCUT2D eigenvalue weighted by Gasteiger charge is -2.52. The average molecular weight is 398 g/mol. The van der Waals surface area contributed by atoms with E-state index in [0.29, 0.717) is 35.1 Å². The molecule has 1 aliphatic carbocycles. The first-order chi connectivity index (χ1) is 13.7. The minimum Gasteiger partial charge on any atom is -0.396 e. The van der Waals surface area contributed by atoms with Gasteiger partial charge in [0.25, 0.3) is 0 Å². The van der Waals surface area contributed by atoms with Crippen LogP contribution < -0.4 is 10.6 Å². The van der Waals surface area contributed by atoms with Crippen LogP contribution in [0.1, 0.15) is 50.9 Å². The molecule has 0 aromatic carbocycles. The fourth-order valence-corrected chi connectivity index (χ4v) is 3.69. The van der Waals surface area contributed by atoms with Gasteiger partial charge in [0.1, 0.15) is 23.1 Å². The summed E-state index contributed by atoms with van der Waals surface area (Å²) in [5.41, 5.74) is -0.225. The number of nitrogens with one attached hydrogen (secondary N) is 2. The van der Waals surface area contributed by atoms with Crippen LogP contribution in [-0.4, -0.2) is 32.7 Å². The maximum absolute atomic E-state index is 14.4. The maximum Gasteiger partial charge on any atom is 0.224 e. The minimum atomic E-state index is -1.56. The molecule has 1 aliphatic rings. The fourth-order valence-electron chi connectivity index (χ4n) is 3.69. The van der Waals surface area contributed by atoms with Crippen molar-refractivity contribution in [3.63, 3.8) is 0 Å². The molecule has 2 aromatic heterocycles. The van der Waals surface area contributed by atoms with E-state index in [-0.39, 0.29) is 24.0 Å². The molecule has 0 unspecified atom stereocenters. The molecule has 0 saturated heterocycles. The van der Waals surface area contributed by atoms with Gasteiger partial charge in [-0.1, -0.05) is 19.9 Å². The van der Waals surface area contributed by atoms with Gasteiger partial charge < -0.3 is 15.7 Å². The monoisotopic (exact) mass is 398 g/mol. The van der Waals surface area contributed by atoms with Crippen LogP contribution >= 0.6 is 0 Å². The third-order valence-electron chi connectivity index (χ3n) is 5.80. The van der Waals surface area contributed by atoms with E-state index >= 15 is 0 Å². The first kappa shape index (κ1) is 20.9. The van der Waals surface area contributed by atoms with Crippen LogP contribution in [0.3, 0.4) is 0 Å². The minimum absolute atomic E-state index is 0.0999. The molecule has 2 heterocycles. The Hall–Kier alpha value is -2.79. The highest BCUT2D eigenvalue weighted by Gasteiger charge is 2.47. The van der Waals surface area contributed by atoms with Crippen LogP contribution in [-0.2, 0) is 12.2 Å². The Morgan fingerprint density at radius 3 is 2.76 bits per heavy atom. The molecule has 2 atom stereocenters. The Labute approximate surface area is 170 Å². The average Bonchev–Trinajstić information content (AvgIpc) is 2.68. The predicted molar refractivity (Wildman–Crippen MR) is 109 cm³/mol. The van der Waals surface area contributed by atoms with Crippen LogP contribution in [0.2, 0.25) is 0 Å². The van der Waals surface area contributed by atoms with Gasteiger partial charge in [0.2, 0.25) is 5.95 Å². The molecule has 7 nitrogen and oxygen atoms in total. The number of hydrogen-bond donors (Lipinski definition) is 3. The Morgan fingerprint density at radius 2 is 2.14 bits per heavy atom. The van der Waals surface area contributed by atoms with Crippen molar-refractivity contribution < 1.29 is 9.50 Å². The van der Waals surface area contributed by atoms with E-state index in [0.717, 1.165) is 6.42 Å². The molecular formula is C21H27FN6O. The number of hydrogen-bond acceptors (Lipinski definition) is 7. The number of rotatable bonds is 7. The number of pyridine rings is 1. The van der Waals surface area contributed by atoms with Crippen LogP contribution in [0.5, 0.6) is 0 Å². The van der Waals surface area contributed by atoms with Crippen molar-refractivity contribution in [2.45, 2.75) is 52.4 Å². The zero-order chi connectivity index (χ0) is 21.2. The molecule has 1 fully saturated rings. The Morgan fingerprint density at radius 1 is 1.38 bits per heavy atom. The third kappa shape index (κ3) is 4.30. The number of nitriles is 1. The van der Waals surface area contributed by atoms with E-state index in [1.807, 2.05) is 6.07 Å². The summed E-state index contributed by atoms with van der Waals surface area (Å²) in [5, 5.41) is 25.3. The van der Waals surface area contributed by atoms with E-state index in [1.165, 1.54) is 20.0 Å². The van der Waals surface area contributed by atoms with E-state index in [2.05, 4.69) is 45.5 Å². The number of aliphatic hydroxyl groups is 1. The molecule has 0 bridgehead atoms. The molecule has 3 rings (SSSR count). The number of aliphatic hydroxyl groups excluding tert-OH is 1. The van der Waals surface area contributed by atoms with Gasteiger partial charge in [0, 0.05) is 25.4 Å². The standard InChI is InChI=1S/C21H27FN6O/c1-20(2)15(12-29)8-16(20)27-18-14(9-23)11-26-19(28-18)25-10-13-6-5-7-24-17(13)21(3,4)22/h5-7,11,15-16,29H,8,10,12H2,1-4H3,(H2,25,26,27,28)/t15-,16-/m1/s1. The Balaban J connectivity index is 1.76. The number of alkyl halides is 1.